The van der Waals surface area contributed by atoms with Gasteiger partial charge in [-0.25, -0.2) is 15.0 Å². The number of hydrogen-bond acceptors (Lipinski definition) is 5. The van der Waals surface area contributed by atoms with E-state index in [0.717, 1.165) is 16.5 Å². The summed E-state index contributed by atoms with van der Waals surface area (Å²) in [6.45, 7) is 1.86. The van der Waals surface area contributed by atoms with Gasteiger partial charge in [0.25, 0.3) is 0 Å². The zero-order chi connectivity index (χ0) is 22.9. The number of benzene rings is 3. The number of hydrogen-bond donors (Lipinski definition) is 2. The van der Waals surface area contributed by atoms with Crippen LogP contribution >= 0.6 is 0 Å². The second-order valence-electron chi connectivity index (χ2n) is 7.54. The maximum absolute atomic E-state index is 12.3. The van der Waals surface area contributed by atoms with Gasteiger partial charge in [0.15, 0.2) is 5.76 Å². The average Bonchev–Trinajstić information content (AvgIpc) is 3.20. The first-order valence-corrected chi connectivity index (χ1v) is 10.3. The lowest BCUT2D eigenvalue weighted by molar-refractivity contribution is 0.249. The van der Waals surface area contributed by atoms with Crippen LogP contribution in [0.25, 0.3) is 33.1 Å². The number of rotatable bonds is 4. The number of amides is 2. The molecule has 5 aromatic rings. The molecule has 0 spiro atoms. The van der Waals surface area contributed by atoms with Crippen LogP contribution in [0.1, 0.15) is 16.9 Å². The number of nitrogens with one attached hydrogen (secondary N) is 1. The van der Waals surface area contributed by atoms with E-state index in [9.17, 15) is 9.59 Å². The monoisotopic (exact) mass is 437 g/mol. The topological polar surface area (TPSA) is 111 Å². The largest absolute Gasteiger partial charge is 0.454 e. The molecule has 3 aromatic carbocycles. The number of carbonyl (C=O) groups is 1. The highest BCUT2D eigenvalue weighted by Gasteiger charge is 2.25. The summed E-state index contributed by atoms with van der Waals surface area (Å²) < 4.78 is 12.0. The van der Waals surface area contributed by atoms with Crippen LogP contribution in [0, 0.1) is 6.92 Å². The second-order valence-corrected chi connectivity index (χ2v) is 7.54. The van der Waals surface area contributed by atoms with E-state index in [1.807, 2.05) is 79.7 Å². The van der Waals surface area contributed by atoms with Gasteiger partial charge in [-0.3, -0.25) is 0 Å². The van der Waals surface area contributed by atoms with Crippen molar-refractivity contribution in [3.8, 4) is 11.1 Å². The van der Waals surface area contributed by atoms with Gasteiger partial charge in [-0.05, 0) is 30.2 Å². The molecule has 0 saturated heterocycles. The van der Waals surface area contributed by atoms with Gasteiger partial charge in [0, 0.05) is 22.6 Å². The fourth-order valence-electron chi connectivity index (χ4n) is 3.96. The molecule has 0 aliphatic rings. The molecular formula is C26H19N3O4. The lowest BCUT2D eigenvalue weighted by Crippen LogP contribution is -2.26. The van der Waals surface area contributed by atoms with Crippen molar-refractivity contribution in [2.45, 2.75) is 6.92 Å². The molecular weight excluding hydrogens is 418 g/mol. The molecule has 0 fully saturated rings. The lowest BCUT2D eigenvalue weighted by atomic mass is 9.96. The Labute approximate surface area is 188 Å². The molecule has 7 nitrogen and oxygen atoms in total. The van der Waals surface area contributed by atoms with Crippen molar-refractivity contribution in [2.75, 3.05) is 0 Å². The van der Waals surface area contributed by atoms with E-state index in [1.165, 1.54) is 6.07 Å². The fraction of sp³-hybridized carbons (Fsp3) is 0.0385. The summed E-state index contributed by atoms with van der Waals surface area (Å²) in [6.07, 6.45) is 0. The molecule has 2 aromatic heterocycles. The predicted molar refractivity (Wildman–Crippen MR) is 127 cm³/mol. The van der Waals surface area contributed by atoms with Crippen LogP contribution in [-0.4, -0.2) is 11.7 Å². The minimum Gasteiger partial charge on any atom is -0.454 e. The highest BCUT2D eigenvalue weighted by Crippen LogP contribution is 2.40. The summed E-state index contributed by atoms with van der Waals surface area (Å²) in [5.41, 5.74) is 11.5. The Morgan fingerprint density at radius 2 is 1.64 bits per heavy atom. The van der Waals surface area contributed by atoms with Crippen molar-refractivity contribution >= 4 is 33.7 Å². The van der Waals surface area contributed by atoms with Crippen molar-refractivity contribution in [1.29, 1.82) is 0 Å². The highest BCUT2D eigenvalue weighted by atomic mass is 16.4. The number of hydrazone groups is 1. The van der Waals surface area contributed by atoms with Crippen molar-refractivity contribution in [1.82, 2.24) is 5.43 Å². The van der Waals surface area contributed by atoms with E-state index >= 15 is 0 Å². The van der Waals surface area contributed by atoms with Crippen molar-refractivity contribution in [3.05, 3.63) is 106 Å². The van der Waals surface area contributed by atoms with Gasteiger partial charge in [0.05, 0.1) is 5.39 Å². The molecule has 0 bridgehead atoms. The van der Waals surface area contributed by atoms with Gasteiger partial charge < -0.3 is 14.6 Å². The number of primary amides is 1. The number of furan rings is 1. The third-order valence-corrected chi connectivity index (χ3v) is 5.37. The molecule has 0 aliphatic heterocycles. The molecule has 2 heterocycles. The summed E-state index contributed by atoms with van der Waals surface area (Å²) >= 11 is 0. The molecule has 0 radical (unpaired) electrons. The van der Waals surface area contributed by atoms with Crippen LogP contribution in [0.2, 0.25) is 0 Å². The third kappa shape index (κ3) is 3.65. The summed E-state index contributed by atoms with van der Waals surface area (Å²) in [6, 6.07) is 23.3. The van der Waals surface area contributed by atoms with Gasteiger partial charge in [-0.1, -0.05) is 60.7 Å². The molecule has 33 heavy (non-hydrogen) atoms. The molecule has 0 unspecified atom stereocenters. The van der Waals surface area contributed by atoms with E-state index in [-0.39, 0.29) is 0 Å². The third-order valence-electron chi connectivity index (χ3n) is 5.37. The Morgan fingerprint density at radius 1 is 0.939 bits per heavy atom. The number of nitrogens with zero attached hydrogens (tertiary/aromatic N) is 1. The highest BCUT2D eigenvalue weighted by molar-refractivity contribution is 6.22. The van der Waals surface area contributed by atoms with E-state index < -0.39 is 11.7 Å². The first-order chi connectivity index (χ1) is 16.0. The zero-order valence-corrected chi connectivity index (χ0v) is 17.7. The Balaban J connectivity index is 1.93. The van der Waals surface area contributed by atoms with E-state index in [0.29, 0.717) is 39.2 Å². The number of aryl methyl sites for hydroxylation is 1. The Hall–Kier alpha value is -4.65. The molecule has 0 aliphatic carbocycles. The number of nitrogens with two attached hydrogens (primary N) is 1. The van der Waals surface area contributed by atoms with Crippen LogP contribution < -0.4 is 16.8 Å². The fourth-order valence-corrected chi connectivity index (χ4v) is 3.96. The van der Waals surface area contributed by atoms with Crippen LogP contribution in [0.3, 0.4) is 0 Å². The van der Waals surface area contributed by atoms with Crippen LogP contribution in [0.15, 0.2) is 97.6 Å². The molecule has 0 saturated carbocycles. The zero-order valence-electron chi connectivity index (χ0n) is 17.7. The Kier molecular flexibility index (Phi) is 4.99. The second kappa shape index (κ2) is 8.12. The molecule has 7 heteroatoms. The smallest absolute Gasteiger partial charge is 0.336 e. The number of carbonyl (C=O) groups excluding carboxylic acids is 1. The van der Waals surface area contributed by atoms with Crippen molar-refractivity contribution < 1.29 is 13.6 Å². The quantitative estimate of drug-likeness (QED) is 0.236. The van der Waals surface area contributed by atoms with Gasteiger partial charge in [-0.2, -0.15) is 5.10 Å². The Bertz CT molecular complexity index is 1580. The first kappa shape index (κ1) is 20.3. The SMILES string of the molecule is Cc1cc(=O)oc2c1ccc1oc(C(=NNC(N)=O)c3ccccc3)c(-c3ccccc3)c12. The molecule has 162 valence electrons. The van der Waals surface area contributed by atoms with E-state index in [2.05, 4.69) is 10.5 Å². The number of urea groups is 1. The summed E-state index contributed by atoms with van der Waals surface area (Å²) in [5.74, 6) is 0.410. The lowest BCUT2D eigenvalue weighted by Gasteiger charge is -2.08. The van der Waals surface area contributed by atoms with Gasteiger partial charge in [-0.15, -0.1) is 0 Å². The van der Waals surface area contributed by atoms with E-state index in [4.69, 9.17) is 14.6 Å². The van der Waals surface area contributed by atoms with Crippen LogP contribution in [0.4, 0.5) is 4.79 Å². The molecule has 3 N–H and O–H groups in total. The van der Waals surface area contributed by atoms with Crippen LogP contribution in [0.5, 0.6) is 0 Å². The maximum atomic E-state index is 12.3. The minimum absolute atomic E-state index is 0.382. The summed E-state index contributed by atoms with van der Waals surface area (Å²) in [7, 11) is 0. The first-order valence-electron chi connectivity index (χ1n) is 10.3. The predicted octanol–water partition coefficient (Wildman–Crippen LogP) is 4.94. The molecule has 5 rings (SSSR count). The molecule has 2 amide bonds. The minimum atomic E-state index is -0.798. The summed E-state index contributed by atoms with van der Waals surface area (Å²) in [5, 5.41) is 5.72. The van der Waals surface area contributed by atoms with E-state index in [1.54, 1.807) is 0 Å². The van der Waals surface area contributed by atoms with Gasteiger partial charge >= 0.3 is 11.7 Å². The summed E-state index contributed by atoms with van der Waals surface area (Å²) in [4.78, 5) is 23.7. The standard InChI is InChI=1S/C26H19N3O4/c1-15-14-20(30)33-24-18(15)12-13-19-22(24)21(16-8-4-2-5-9-16)25(32-19)23(28-29-26(27)31)17-10-6-3-7-11-17/h2-14H,1H3,(H3,27,29,31). The number of fused-ring (bicyclic) bond motifs is 3. The van der Waals surface area contributed by atoms with Gasteiger partial charge in [0.2, 0.25) is 0 Å². The molecule has 0 atom stereocenters. The van der Waals surface area contributed by atoms with Crippen LogP contribution in [-0.2, 0) is 0 Å². The Morgan fingerprint density at radius 3 is 2.33 bits per heavy atom. The average molecular weight is 437 g/mol. The van der Waals surface area contributed by atoms with Crippen molar-refractivity contribution in [2.24, 2.45) is 10.8 Å². The normalized spacial score (nSPS) is 11.7. The van der Waals surface area contributed by atoms with Gasteiger partial charge in [0.1, 0.15) is 16.9 Å². The van der Waals surface area contributed by atoms with Crippen molar-refractivity contribution in [3.63, 3.8) is 0 Å². The maximum Gasteiger partial charge on any atom is 0.336 e.